The Morgan fingerprint density at radius 1 is 1.03 bits per heavy atom. The summed E-state index contributed by atoms with van der Waals surface area (Å²) in [6.07, 6.45) is 5.24. The van der Waals surface area contributed by atoms with Crippen LogP contribution in [0.4, 0.5) is 0 Å². The Labute approximate surface area is 181 Å². The van der Waals surface area contributed by atoms with E-state index in [4.69, 9.17) is 16.6 Å². The molecule has 0 bridgehead atoms. The second-order valence-electron chi connectivity index (χ2n) is 7.20. The molecule has 4 aromatic rings. The van der Waals surface area contributed by atoms with E-state index in [0.29, 0.717) is 17.1 Å². The summed E-state index contributed by atoms with van der Waals surface area (Å²) in [6, 6.07) is 19.6. The summed E-state index contributed by atoms with van der Waals surface area (Å²) in [5, 5.41) is 4.50. The summed E-state index contributed by atoms with van der Waals surface area (Å²) in [4.78, 5) is 21.9. The number of carbonyl (C=O) groups excluding carboxylic acids is 1. The van der Waals surface area contributed by atoms with Crippen LogP contribution in [0, 0.1) is 6.92 Å². The molecule has 4 nitrogen and oxygen atoms in total. The van der Waals surface area contributed by atoms with Crippen LogP contribution in [0.15, 0.2) is 73.1 Å². The van der Waals surface area contributed by atoms with Gasteiger partial charge in [0.1, 0.15) is 0 Å². The number of aromatic nitrogens is 2. The monoisotopic (exact) mass is 415 g/mol. The number of halogens is 1. The van der Waals surface area contributed by atoms with Gasteiger partial charge in [-0.05, 0) is 55.2 Å². The van der Waals surface area contributed by atoms with E-state index in [-0.39, 0.29) is 5.91 Å². The fourth-order valence-electron chi connectivity index (χ4n) is 3.50. The normalized spacial score (nSPS) is 10.9. The molecule has 0 aliphatic carbocycles. The van der Waals surface area contributed by atoms with E-state index in [1.165, 1.54) is 5.56 Å². The molecule has 150 valence electrons. The number of hydrogen-bond acceptors (Lipinski definition) is 3. The van der Waals surface area contributed by atoms with Crippen LogP contribution < -0.4 is 5.32 Å². The zero-order valence-corrected chi connectivity index (χ0v) is 17.5. The van der Waals surface area contributed by atoms with Crippen molar-refractivity contribution in [1.29, 1.82) is 0 Å². The molecule has 1 N–H and O–H groups in total. The standard InChI is InChI=1S/C25H22ClN3O/c1-17-22(26)10-9-20-21(16-23(29-24(17)20)19-11-14-27-15-12-19)25(30)28-13-5-8-18-6-3-2-4-7-18/h2-4,6-7,9-12,14-16H,5,8,13H2,1H3,(H,28,30). The van der Waals surface area contributed by atoms with Gasteiger partial charge in [-0.3, -0.25) is 9.78 Å². The van der Waals surface area contributed by atoms with Crippen molar-refractivity contribution in [2.75, 3.05) is 6.54 Å². The number of fused-ring (bicyclic) bond motifs is 1. The van der Waals surface area contributed by atoms with Crippen LogP contribution >= 0.6 is 11.6 Å². The molecule has 2 aromatic heterocycles. The highest BCUT2D eigenvalue weighted by atomic mass is 35.5. The number of nitrogens with zero attached hydrogens (tertiary/aromatic N) is 2. The predicted octanol–water partition coefficient (Wildman–Crippen LogP) is 5.62. The van der Waals surface area contributed by atoms with Crippen molar-refractivity contribution >= 4 is 28.4 Å². The molecule has 0 saturated carbocycles. The highest BCUT2D eigenvalue weighted by molar-refractivity contribution is 6.32. The van der Waals surface area contributed by atoms with Gasteiger partial charge >= 0.3 is 0 Å². The molecule has 0 aliphatic heterocycles. The molecule has 0 unspecified atom stereocenters. The molecule has 5 heteroatoms. The maximum absolute atomic E-state index is 13.1. The van der Waals surface area contributed by atoms with Crippen LogP contribution in [0.5, 0.6) is 0 Å². The lowest BCUT2D eigenvalue weighted by atomic mass is 10.0. The maximum atomic E-state index is 13.1. The summed E-state index contributed by atoms with van der Waals surface area (Å²) in [7, 11) is 0. The van der Waals surface area contributed by atoms with E-state index in [1.54, 1.807) is 12.4 Å². The third-order valence-corrected chi connectivity index (χ3v) is 5.57. The van der Waals surface area contributed by atoms with Gasteiger partial charge in [0, 0.05) is 34.9 Å². The van der Waals surface area contributed by atoms with Crippen LogP contribution in [-0.4, -0.2) is 22.4 Å². The van der Waals surface area contributed by atoms with Crippen molar-refractivity contribution < 1.29 is 4.79 Å². The molecule has 0 spiro atoms. The fourth-order valence-corrected chi connectivity index (χ4v) is 3.65. The molecule has 30 heavy (non-hydrogen) atoms. The Morgan fingerprint density at radius 3 is 2.57 bits per heavy atom. The number of aryl methyl sites for hydroxylation is 2. The molecule has 0 aliphatic rings. The first kappa shape index (κ1) is 20.0. The fraction of sp³-hybridized carbons (Fsp3) is 0.160. The second-order valence-corrected chi connectivity index (χ2v) is 7.61. The quantitative estimate of drug-likeness (QED) is 0.416. The van der Waals surface area contributed by atoms with Crippen LogP contribution in [0.25, 0.3) is 22.2 Å². The van der Waals surface area contributed by atoms with Crippen molar-refractivity contribution in [3.8, 4) is 11.3 Å². The van der Waals surface area contributed by atoms with Gasteiger partial charge in [0.25, 0.3) is 5.91 Å². The summed E-state index contributed by atoms with van der Waals surface area (Å²) >= 11 is 6.33. The Balaban J connectivity index is 1.61. The summed E-state index contributed by atoms with van der Waals surface area (Å²) in [6.45, 7) is 2.53. The van der Waals surface area contributed by atoms with Crippen LogP contribution in [0.2, 0.25) is 5.02 Å². The molecule has 4 rings (SSSR count). The molecular formula is C25H22ClN3O. The van der Waals surface area contributed by atoms with Gasteiger partial charge < -0.3 is 5.32 Å². The van der Waals surface area contributed by atoms with E-state index in [0.717, 1.165) is 40.6 Å². The highest BCUT2D eigenvalue weighted by Crippen LogP contribution is 2.30. The number of rotatable bonds is 6. The van der Waals surface area contributed by atoms with Gasteiger partial charge in [-0.1, -0.05) is 48.0 Å². The summed E-state index contributed by atoms with van der Waals surface area (Å²) in [5.74, 6) is -0.104. The minimum absolute atomic E-state index is 0.104. The number of benzene rings is 2. The van der Waals surface area contributed by atoms with Gasteiger partial charge in [0.15, 0.2) is 0 Å². The first-order chi connectivity index (χ1) is 14.6. The van der Waals surface area contributed by atoms with Crippen LogP contribution in [-0.2, 0) is 6.42 Å². The molecular weight excluding hydrogens is 394 g/mol. The van der Waals surface area contributed by atoms with Crippen LogP contribution in [0.1, 0.15) is 27.9 Å². The van der Waals surface area contributed by atoms with E-state index in [9.17, 15) is 4.79 Å². The van der Waals surface area contributed by atoms with Crippen molar-refractivity contribution in [3.05, 3.63) is 94.8 Å². The number of pyridine rings is 2. The van der Waals surface area contributed by atoms with E-state index in [2.05, 4.69) is 22.4 Å². The first-order valence-electron chi connectivity index (χ1n) is 9.96. The molecule has 0 radical (unpaired) electrons. The lowest BCUT2D eigenvalue weighted by Gasteiger charge is -2.13. The van der Waals surface area contributed by atoms with E-state index in [1.807, 2.05) is 55.5 Å². The van der Waals surface area contributed by atoms with Gasteiger partial charge in [-0.25, -0.2) is 4.98 Å². The Morgan fingerprint density at radius 2 is 1.80 bits per heavy atom. The molecule has 0 atom stereocenters. The van der Waals surface area contributed by atoms with Gasteiger partial charge in [-0.15, -0.1) is 0 Å². The van der Waals surface area contributed by atoms with Crippen LogP contribution in [0.3, 0.4) is 0 Å². The molecule has 1 amide bonds. The Bertz CT molecular complexity index is 1180. The lowest BCUT2D eigenvalue weighted by Crippen LogP contribution is -2.25. The van der Waals surface area contributed by atoms with E-state index < -0.39 is 0 Å². The summed E-state index contributed by atoms with van der Waals surface area (Å²) < 4.78 is 0. The average Bonchev–Trinajstić information content (AvgIpc) is 2.80. The number of nitrogens with one attached hydrogen (secondary N) is 1. The van der Waals surface area contributed by atoms with Crippen molar-refractivity contribution in [2.24, 2.45) is 0 Å². The van der Waals surface area contributed by atoms with Crippen molar-refractivity contribution in [2.45, 2.75) is 19.8 Å². The predicted molar refractivity (Wildman–Crippen MR) is 122 cm³/mol. The molecule has 0 saturated heterocycles. The lowest BCUT2D eigenvalue weighted by molar-refractivity contribution is 0.0955. The number of amides is 1. The maximum Gasteiger partial charge on any atom is 0.252 e. The average molecular weight is 416 g/mol. The Kier molecular flexibility index (Phi) is 6.05. The second kappa shape index (κ2) is 9.06. The number of hydrogen-bond donors (Lipinski definition) is 1. The van der Waals surface area contributed by atoms with Gasteiger partial charge in [0.2, 0.25) is 0 Å². The molecule has 2 aromatic carbocycles. The number of carbonyl (C=O) groups is 1. The SMILES string of the molecule is Cc1c(Cl)ccc2c(C(=O)NCCCc3ccccc3)cc(-c3ccncc3)nc12. The third kappa shape index (κ3) is 4.34. The zero-order chi connectivity index (χ0) is 20.9. The minimum Gasteiger partial charge on any atom is -0.352 e. The summed E-state index contributed by atoms with van der Waals surface area (Å²) in [5.41, 5.74) is 5.11. The third-order valence-electron chi connectivity index (χ3n) is 5.16. The largest absolute Gasteiger partial charge is 0.352 e. The topological polar surface area (TPSA) is 54.9 Å². The highest BCUT2D eigenvalue weighted by Gasteiger charge is 2.16. The Hall–Kier alpha value is -3.24. The van der Waals surface area contributed by atoms with Gasteiger partial charge in [-0.2, -0.15) is 0 Å². The smallest absolute Gasteiger partial charge is 0.252 e. The van der Waals surface area contributed by atoms with Crippen molar-refractivity contribution in [3.63, 3.8) is 0 Å². The zero-order valence-electron chi connectivity index (χ0n) is 16.7. The molecule has 2 heterocycles. The van der Waals surface area contributed by atoms with Gasteiger partial charge in [0.05, 0.1) is 16.8 Å². The molecule has 0 fully saturated rings. The van der Waals surface area contributed by atoms with Crippen molar-refractivity contribution in [1.82, 2.24) is 15.3 Å². The van der Waals surface area contributed by atoms with E-state index >= 15 is 0 Å². The minimum atomic E-state index is -0.104. The first-order valence-corrected chi connectivity index (χ1v) is 10.3.